The lowest BCUT2D eigenvalue weighted by molar-refractivity contribution is 0.174. The minimum atomic E-state index is 0.301. The fraction of sp³-hybridized carbons (Fsp3) is 0.368. The van der Waals surface area contributed by atoms with Gasteiger partial charge in [0.1, 0.15) is 12.4 Å². The van der Waals surface area contributed by atoms with E-state index < -0.39 is 0 Å². The molecule has 0 saturated heterocycles. The predicted octanol–water partition coefficient (Wildman–Crippen LogP) is 3.49. The molecule has 2 aromatic carbocycles. The predicted molar refractivity (Wildman–Crippen MR) is 90.2 cm³/mol. The highest BCUT2D eigenvalue weighted by Crippen LogP contribution is 2.32. The van der Waals surface area contributed by atoms with Crippen molar-refractivity contribution in [3.05, 3.63) is 53.6 Å². The number of rotatable bonds is 7. The average molecular weight is 313 g/mol. The molecule has 0 N–H and O–H groups in total. The molecule has 0 bridgehead atoms. The van der Waals surface area contributed by atoms with E-state index in [0.29, 0.717) is 13.4 Å². The lowest BCUT2D eigenvalue weighted by Gasteiger charge is -2.10. The van der Waals surface area contributed by atoms with Crippen molar-refractivity contribution in [3.63, 3.8) is 0 Å². The monoisotopic (exact) mass is 313 g/mol. The topological polar surface area (TPSA) is 30.9 Å². The molecule has 1 aliphatic rings. The first kappa shape index (κ1) is 15.7. The van der Waals surface area contributed by atoms with Crippen LogP contribution in [0.2, 0.25) is 0 Å². The molecule has 0 unspecified atom stereocenters. The summed E-state index contributed by atoms with van der Waals surface area (Å²) >= 11 is 0. The highest BCUT2D eigenvalue weighted by molar-refractivity contribution is 5.44. The Morgan fingerprint density at radius 2 is 1.70 bits per heavy atom. The second kappa shape index (κ2) is 7.38. The molecule has 0 amide bonds. The van der Waals surface area contributed by atoms with Crippen LogP contribution in [-0.2, 0) is 13.0 Å². The van der Waals surface area contributed by atoms with Crippen LogP contribution in [0.3, 0.4) is 0 Å². The van der Waals surface area contributed by atoms with Gasteiger partial charge >= 0.3 is 0 Å². The van der Waals surface area contributed by atoms with Crippen molar-refractivity contribution >= 4 is 0 Å². The van der Waals surface area contributed by atoms with Crippen molar-refractivity contribution in [2.75, 3.05) is 27.4 Å². The SMILES string of the molecule is CN(C)CCCc1ccc(OCc2ccc3c(c2)OCO3)cc1. The molecule has 0 aliphatic carbocycles. The Kier molecular flexibility index (Phi) is 5.03. The van der Waals surface area contributed by atoms with Gasteiger partial charge in [-0.3, -0.25) is 0 Å². The lowest BCUT2D eigenvalue weighted by Crippen LogP contribution is -2.13. The summed E-state index contributed by atoms with van der Waals surface area (Å²) in [5.41, 5.74) is 2.42. The summed E-state index contributed by atoms with van der Waals surface area (Å²) in [5, 5.41) is 0. The van der Waals surface area contributed by atoms with E-state index >= 15 is 0 Å². The molecule has 0 spiro atoms. The van der Waals surface area contributed by atoms with Crippen molar-refractivity contribution in [1.29, 1.82) is 0 Å². The molecule has 0 fully saturated rings. The number of hydrogen-bond donors (Lipinski definition) is 0. The van der Waals surface area contributed by atoms with Crippen LogP contribution in [0.1, 0.15) is 17.5 Å². The zero-order valence-corrected chi connectivity index (χ0v) is 13.7. The maximum atomic E-state index is 5.84. The first-order valence-corrected chi connectivity index (χ1v) is 7.96. The van der Waals surface area contributed by atoms with Gasteiger partial charge in [0.15, 0.2) is 11.5 Å². The maximum Gasteiger partial charge on any atom is 0.231 e. The Hall–Kier alpha value is -2.20. The van der Waals surface area contributed by atoms with Crippen LogP contribution in [0.4, 0.5) is 0 Å². The molecule has 0 saturated carbocycles. The second-order valence-corrected chi connectivity index (χ2v) is 6.03. The number of aryl methyl sites for hydroxylation is 1. The van der Waals surface area contributed by atoms with Gasteiger partial charge in [-0.05, 0) is 68.9 Å². The van der Waals surface area contributed by atoms with Gasteiger partial charge in [0, 0.05) is 0 Å². The number of fused-ring (bicyclic) bond motifs is 1. The van der Waals surface area contributed by atoms with Crippen molar-refractivity contribution in [2.45, 2.75) is 19.4 Å². The second-order valence-electron chi connectivity index (χ2n) is 6.03. The highest BCUT2D eigenvalue weighted by atomic mass is 16.7. The van der Waals surface area contributed by atoms with E-state index in [1.54, 1.807) is 0 Å². The van der Waals surface area contributed by atoms with Gasteiger partial charge in [-0.25, -0.2) is 0 Å². The van der Waals surface area contributed by atoms with Crippen LogP contribution in [0, 0.1) is 0 Å². The van der Waals surface area contributed by atoms with E-state index in [-0.39, 0.29) is 0 Å². The van der Waals surface area contributed by atoms with E-state index in [2.05, 4.69) is 31.1 Å². The third-order valence-electron chi connectivity index (χ3n) is 3.84. The molecule has 23 heavy (non-hydrogen) atoms. The zero-order valence-electron chi connectivity index (χ0n) is 13.7. The summed E-state index contributed by atoms with van der Waals surface area (Å²) < 4.78 is 16.5. The molecule has 122 valence electrons. The van der Waals surface area contributed by atoms with Crippen molar-refractivity contribution in [3.8, 4) is 17.2 Å². The Labute approximate surface area is 137 Å². The number of benzene rings is 2. The van der Waals surface area contributed by atoms with Crippen LogP contribution in [0.5, 0.6) is 17.2 Å². The van der Waals surface area contributed by atoms with Crippen molar-refractivity contribution in [2.24, 2.45) is 0 Å². The number of hydrogen-bond acceptors (Lipinski definition) is 4. The van der Waals surface area contributed by atoms with Gasteiger partial charge in [0.2, 0.25) is 6.79 Å². The first-order valence-electron chi connectivity index (χ1n) is 7.96. The van der Waals surface area contributed by atoms with Gasteiger partial charge in [-0.15, -0.1) is 0 Å². The minimum Gasteiger partial charge on any atom is -0.489 e. The molecule has 4 nitrogen and oxygen atoms in total. The molecule has 3 rings (SSSR count). The number of nitrogens with zero attached hydrogens (tertiary/aromatic N) is 1. The van der Waals surface area contributed by atoms with E-state index in [9.17, 15) is 0 Å². The molecule has 1 aliphatic heterocycles. The van der Waals surface area contributed by atoms with E-state index in [0.717, 1.165) is 35.8 Å². The summed E-state index contributed by atoms with van der Waals surface area (Å²) in [7, 11) is 4.21. The maximum absolute atomic E-state index is 5.84. The zero-order chi connectivity index (χ0) is 16.1. The number of ether oxygens (including phenoxy) is 3. The Balaban J connectivity index is 1.50. The fourth-order valence-electron chi connectivity index (χ4n) is 2.55. The third kappa shape index (κ3) is 4.39. The van der Waals surface area contributed by atoms with Gasteiger partial charge in [-0.1, -0.05) is 18.2 Å². The smallest absolute Gasteiger partial charge is 0.231 e. The lowest BCUT2D eigenvalue weighted by atomic mass is 10.1. The largest absolute Gasteiger partial charge is 0.489 e. The van der Waals surface area contributed by atoms with Crippen LogP contribution in [0.15, 0.2) is 42.5 Å². The quantitative estimate of drug-likeness (QED) is 0.783. The van der Waals surface area contributed by atoms with Crippen LogP contribution in [-0.4, -0.2) is 32.3 Å². The molecule has 4 heteroatoms. The highest BCUT2D eigenvalue weighted by Gasteiger charge is 2.13. The summed E-state index contributed by atoms with van der Waals surface area (Å²) in [5.74, 6) is 2.48. The summed E-state index contributed by atoms with van der Waals surface area (Å²) in [6, 6.07) is 14.3. The first-order chi connectivity index (χ1) is 11.2. The molecule has 0 aromatic heterocycles. The van der Waals surface area contributed by atoms with Crippen molar-refractivity contribution < 1.29 is 14.2 Å². The Bertz CT molecular complexity index is 638. The summed E-state index contributed by atoms with van der Waals surface area (Å²) in [6.45, 7) is 1.94. The van der Waals surface area contributed by atoms with Crippen LogP contribution < -0.4 is 14.2 Å². The van der Waals surface area contributed by atoms with Gasteiger partial charge < -0.3 is 19.1 Å². The van der Waals surface area contributed by atoms with Crippen molar-refractivity contribution in [1.82, 2.24) is 4.90 Å². The standard InChI is InChI=1S/C19H23NO3/c1-20(2)11-3-4-15-5-8-17(9-6-15)21-13-16-7-10-18-19(12-16)23-14-22-18/h5-10,12H,3-4,11,13-14H2,1-2H3. The van der Waals surface area contributed by atoms with Gasteiger partial charge in [0.05, 0.1) is 0 Å². The summed E-state index contributed by atoms with van der Waals surface area (Å²) in [4.78, 5) is 2.21. The summed E-state index contributed by atoms with van der Waals surface area (Å²) in [6.07, 6.45) is 2.27. The van der Waals surface area contributed by atoms with Gasteiger partial charge in [0.25, 0.3) is 0 Å². The molecule has 0 atom stereocenters. The third-order valence-corrected chi connectivity index (χ3v) is 3.84. The Morgan fingerprint density at radius 3 is 2.48 bits per heavy atom. The van der Waals surface area contributed by atoms with E-state index in [4.69, 9.17) is 14.2 Å². The normalized spacial score (nSPS) is 12.7. The van der Waals surface area contributed by atoms with Crippen LogP contribution >= 0.6 is 0 Å². The molecule has 2 aromatic rings. The van der Waals surface area contributed by atoms with Crippen LogP contribution in [0.25, 0.3) is 0 Å². The molecule has 1 heterocycles. The molecular weight excluding hydrogens is 290 g/mol. The Morgan fingerprint density at radius 1 is 0.957 bits per heavy atom. The minimum absolute atomic E-state index is 0.301. The van der Waals surface area contributed by atoms with E-state index in [1.165, 1.54) is 12.0 Å². The average Bonchev–Trinajstić information content (AvgIpc) is 3.01. The molecular formula is C19H23NO3. The van der Waals surface area contributed by atoms with Gasteiger partial charge in [-0.2, -0.15) is 0 Å². The molecule has 0 radical (unpaired) electrons. The fourth-order valence-corrected chi connectivity index (χ4v) is 2.55. The van der Waals surface area contributed by atoms with E-state index in [1.807, 2.05) is 30.3 Å².